The first-order chi connectivity index (χ1) is 13.1. The average molecular weight is 409 g/mol. The maximum atomic E-state index is 12.4. The molecule has 9 heteroatoms. The van der Waals surface area contributed by atoms with Crippen molar-refractivity contribution >= 4 is 34.8 Å². The van der Waals surface area contributed by atoms with E-state index in [9.17, 15) is 4.79 Å². The van der Waals surface area contributed by atoms with E-state index in [4.69, 9.17) is 32.0 Å². The summed E-state index contributed by atoms with van der Waals surface area (Å²) in [5.74, 6) is 0.975. The van der Waals surface area contributed by atoms with Gasteiger partial charge < -0.3 is 14.2 Å². The molecule has 1 N–H and O–H groups in total. The van der Waals surface area contributed by atoms with E-state index < -0.39 is 0 Å². The maximum Gasteiger partial charge on any atom is 0.283 e. The molecule has 0 radical (unpaired) electrons. The van der Waals surface area contributed by atoms with Gasteiger partial charge in [-0.3, -0.25) is 9.69 Å². The van der Waals surface area contributed by atoms with Gasteiger partial charge in [0.1, 0.15) is 0 Å². The van der Waals surface area contributed by atoms with Crippen molar-refractivity contribution in [2.24, 2.45) is 0 Å². The first kappa shape index (κ1) is 19.4. The van der Waals surface area contributed by atoms with Crippen LogP contribution < -0.4 is 5.32 Å². The molecule has 2 heterocycles. The van der Waals surface area contributed by atoms with E-state index in [1.165, 1.54) is 6.26 Å². The van der Waals surface area contributed by atoms with E-state index in [1.54, 1.807) is 30.3 Å². The number of rotatable bonds is 8. The molecule has 0 aliphatic carbocycles. The van der Waals surface area contributed by atoms with Crippen molar-refractivity contribution in [1.29, 1.82) is 0 Å². The Morgan fingerprint density at radius 3 is 2.63 bits per heavy atom. The largest absolute Gasteiger partial charge is 0.459 e. The molecule has 0 atom stereocenters. The van der Waals surface area contributed by atoms with Crippen molar-refractivity contribution in [2.75, 3.05) is 18.4 Å². The molecule has 0 unspecified atom stereocenters. The molecule has 7 nitrogen and oxygen atoms in total. The SMILES string of the molecule is CCCN(CC(=O)Nc1c(Cl)cccc1Cl)Cc1nnc(-c2ccco2)o1. The molecule has 3 aromatic rings. The number of hydrogen-bond acceptors (Lipinski definition) is 6. The molecule has 0 aliphatic heterocycles. The fourth-order valence-corrected chi connectivity index (χ4v) is 3.03. The molecule has 0 aliphatic rings. The van der Waals surface area contributed by atoms with Gasteiger partial charge in [0.15, 0.2) is 5.76 Å². The van der Waals surface area contributed by atoms with E-state index in [1.807, 2.05) is 11.8 Å². The van der Waals surface area contributed by atoms with E-state index >= 15 is 0 Å². The van der Waals surface area contributed by atoms with Crippen molar-refractivity contribution < 1.29 is 13.6 Å². The van der Waals surface area contributed by atoms with Crippen LogP contribution in [0.2, 0.25) is 10.0 Å². The van der Waals surface area contributed by atoms with Gasteiger partial charge in [0.25, 0.3) is 5.89 Å². The third-order valence-electron chi connectivity index (χ3n) is 3.69. The van der Waals surface area contributed by atoms with Crippen LogP contribution in [0.15, 0.2) is 45.4 Å². The minimum absolute atomic E-state index is 0.133. The highest BCUT2D eigenvalue weighted by molar-refractivity contribution is 6.39. The van der Waals surface area contributed by atoms with Crippen LogP contribution in [0, 0.1) is 0 Å². The Labute approximate surface area is 166 Å². The zero-order valence-electron chi connectivity index (χ0n) is 14.6. The van der Waals surface area contributed by atoms with E-state index in [2.05, 4.69) is 15.5 Å². The Hall–Kier alpha value is -2.35. The second-order valence-electron chi connectivity index (χ2n) is 5.83. The summed E-state index contributed by atoms with van der Waals surface area (Å²) in [6.07, 6.45) is 2.39. The summed E-state index contributed by atoms with van der Waals surface area (Å²) in [5.41, 5.74) is 0.403. The van der Waals surface area contributed by atoms with Crippen molar-refractivity contribution in [3.05, 3.63) is 52.5 Å². The smallest absolute Gasteiger partial charge is 0.283 e. The molecule has 0 saturated heterocycles. The number of nitrogens with one attached hydrogen (secondary N) is 1. The summed E-state index contributed by atoms with van der Waals surface area (Å²) in [7, 11) is 0. The zero-order valence-corrected chi connectivity index (χ0v) is 16.1. The Morgan fingerprint density at radius 1 is 1.19 bits per heavy atom. The van der Waals surface area contributed by atoms with Gasteiger partial charge in [-0.2, -0.15) is 0 Å². The predicted molar refractivity (Wildman–Crippen MR) is 103 cm³/mol. The third-order valence-corrected chi connectivity index (χ3v) is 4.32. The lowest BCUT2D eigenvalue weighted by Crippen LogP contribution is -2.33. The highest BCUT2D eigenvalue weighted by Gasteiger charge is 2.17. The van der Waals surface area contributed by atoms with Crippen LogP contribution in [-0.4, -0.2) is 34.1 Å². The summed E-state index contributed by atoms with van der Waals surface area (Å²) in [4.78, 5) is 14.3. The second-order valence-corrected chi connectivity index (χ2v) is 6.65. The van der Waals surface area contributed by atoms with Crippen molar-refractivity contribution in [3.8, 4) is 11.7 Å². The number of amides is 1. The van der Waals surface area contributed by atoms with Crippen LogP contribution in [-0.2, 0) is 11.3 Å². The lowest BCUT2D eigenvalue weighted by Gasteiger charge is -2.19. The molecule has 0 bridgehead atoms. The molecule has 0 fully saturated rings. The van der Waals surface area contributed by atoms with Gasteiger partial charge in [-0.05, 0) is 37.2 Å². The van der Waals surface area contributed by atoms with Gasteiger partial charge in [-0.25, -0.2) is 0 Å². The van der Waals surface area contributed by atoms with Gasteiger partial charge in [0.05, 0.1) is 35.1 Å². The zero-order chi connectivity index (χ0) is 19.2. The number of halogens is 2. The lowest BCUT2D eigenvalue weighted by molar-refractivity contribution is -0.117. The standard InChI is InChI=1S/C18H18Cl2N4O3/c1-2-8-24(10-15(25)21-17-12(19)5-3-6-13(17)20)11-16-22-23-18(27-16)14-7-4-9-26-14/h3-7,9H,2,8,10-11H2,1H3,(H,21,25). The molecule has 27 heavy (non-hydrogen) atoms. The molecule has 1 aromatic carbocycles. The summed E-state index contributed by atoms with van der Waals surface area (Å²) in [5, 5.41) is 11.5. The number of carbonyl (C=O) groups excluding carboxylic acids is 1. The third kappa shape index (κ3) is 5.09. The maximum absolute atomic E-state index is 12.4. The van der Waals surface area contributed by atoms with Crippen molar-refractivity contribution in [2.45, 2.75) is 19.9 Å². The Kier molecular flexibility index (Phi) is 6.49. The summed E-state index contributed by atoms with van der Waals surface area (Å²) in [6, 6.07) is 8.54. The minimum Gasteiger partial charge on any atom is -0.459 e. The number of aromatic nitrogens is 2. The molecule has 2 aromatic heterocycles. The second kappa shape index (κ2) is 9.03. The van der Waals surface area contributed by atoms with Gasteiger partial charge >= 0.3 is 0 Å². The number of anilines is 1. The number of para-hydroxylation sites is 1. The molecular formula is C18H18Cl2N4O3. The topological polar surface area (TPSA) is 84.4 Å². The summed E-state index contributed by atoms with van der Waals surface area (Å²) < 4.78 is 10.9. The normalized spacial score (nSPS) is 11.1. The minimum atomic E-state index is -0.232. The van der Waals surface area contributed by atoms with Gasteiger partial charge in [-0.1, -0.05) is 36.2 Å². The van der Waals surface area contributed by atoms with Crippen molar-refractivity contribution in [1.82, 2.24) is 15.1 Å². The predicted octanol–water partition coefficient (Wildman–Crippen LogP) is 4.49. The van der Waals surface area contributed by atoms with E-state index in [-0.39, 0.29) is 12.5 Å². The van der Waals surface area contributed by atoms with Gasteiger partial charge in [0, 0.05) is 0 Å². The van der Waals surface area contributed by atoms with Crippen LogP contribution in [0.5, 0.6) is 0 Å². The van der Waals surface area contributed by atoms with Gasteiger partial charge in [-0.15, -0.1) is 10.2 Å². The number of furan rings is 1. The van der Waals surface area contributed by atoms with Crippen LogP contribution in [0.1, 0.15) is 19.2 Å². The van der Waals surface area contributed by atoms with E-state index in [0.717, 1.165) is 6.42 Å². The highest BCUT2D eigenvalue weighted by Crippen LogP contribution is 2.29. The molecule has 3 rings (SSSR count). The first-order valence-electron chi connectivity index (χ1n) is 8.39. The highest BCUT2D eigenvalue weighted by atomic mass is 35.5. The Balaban J connectivity index is 1.64. The fourth-order valence-electron chi connectivity index (χ4n) is 2.54. The molecule has 0 saturated carbocycles. The number of nitrogens with zero attached hydrogens (tertiary/aromatic N) is 3. The molecular weight excluding hydrogens is 391 g/mol. The number of hydrogen-bond donors (Lipinski definition) is 1. The Bertz CT molecular complexity index is 876. The average Bonchev–Trinajstić information content (AvgIpc) is 3.30. The number of benzene rings is 1. The first-order valence-corrected chi connectivity index (χ1v) is 9.15. The molecule has 1 amide bonds. The van der Waals surface area contributed by atoms with Crippen LogP contribution in [0.4, 0.5) is 5.69 Å². The summed E-state index contributed by atoms with van der Waals surface area (Å²) in [6.45, 7) is 3.18. The van der Waals surface area contributed by atoms with E-state index in [0.29, 0.717) is 46.4 Å². The Morgan fingerprint density at radius 2 is 1.96 bits per heavy atom. The van der Waals surface area contributed by atoms with Crippen LogP contribution >= 0.6 is 23.2 Å². The molecule has 142 valence electrons. The molecule has 0 spiro atoms. The lowest BCUT2D eigenvalue weighted by atomic mass is 10.3. The summed E-state index contributed by atoms with van der Waals surface area (Å²) >= 11 is 12.2. The van der Waals surface area contributed by atoms with Crippen LogP contribution in [0.25, 0.3) is 11.7 Å². The monoisotopic (exact) mass is 408 g/mol. The number of carbonyl (C=O) groups is 1. The van der Waals surface area contributed by atoms with Crippen LogP contribution in [0.3, 0.4) is 0 Å². The fraction of sp³-hybridized carbons (Fsp3) is 0.278. The van der Waals surface area contributed by atoms with Crippen molar-refractivity contribution in [3.63, 3.8) is 0 Å². The quantitative estimate of drug-likeness (QED) is 0.590. The van der Waals surface area contributed by atoms with Gasteiger partial charge in [0.2, 0.25) is 11.8 Å².